The Hall–Kier alpha value is -3.26. The van der Waals surface area contributed by atoms with Crippen LogP contribution in [0.15, 0.2) is 42.6 Å². The van der Waals surface area contributed by atoms with Crippen LogP contribution in [0.1, 0.15) is 18.2 Å². The van der Waals surface area contributed by atoms with Crippen molar-refractivity contribution >= 4 is 17.3 Å². The van der Waals surface area contributed by atoms with Crippen LogP contribution in [-0.4, -0.2) is 32.9 Å². The third-order valence-corrected chi connectivity index (χ3v) is 4.22. The zero-order valence-electron chi connectivity index (χ0n) is 15.1. The van der Waals surface area contributed by atoms with Gasteiger partial charge in [0.2, 0.25) is 0 Å². The van der Waals surface area contributed by atoms with E-state index in [0.29, 0.717) is 16.9 Å². The number of fused-ring (bicyclic) bond motifs is 1. The maximum absolute atomic E-state index is 12.0. The minimum Gasteiger partial charge on any atom is -0.465 e. The standard InChI is InChI=1S/C19H20N4O4/c1-3-27-19(24)15(20)10-16-18(13-5-7-14(8-6-13)23(25)26)21-17-9-4-12(2)11-22(16)17/h4-9,11,15H,3,10,20H2,1-2H3. The fraction of sp³-hybridized carbons (Fsp3) is 0.263. The summed E-state index contributed by atoms with van der Waals surface area (Å²) in [6.07, 6.45) is 2.15. The van der Waals surface area contributed by atoms with Crippen molar-refractivity contribution < 1.29 is 14.5 Å². The van der Waals surface area contributed by atoms with Crippen molar-refractivity contribution in [3.05, 3.63) is 64.0 Å². The number of esters is 1. The summed E-state index contributed by atoms with van der Waals surface area (Å²) in [5, 5.41) is 10.9. The van der Waals surface area contributed by atoms with Crippen LogP contribution in [0.4, 0.5) is 5.69 Å². The van der Waals surface area contributed by atoms with E-state index in [-0.39, 0.29) is 18.7 Å². The number of aromatic nitrogens is 2. The van der Waals surface area contributed by atoms with Gasteiger partial charge in [-0.15, -0.1) is 0 Å². The second-order valence-corrected chi connectivity index (χ2v) is 6.21. The molecule has 0 aliphatic heterocycles. The zero-order valence-corrected chi connectivity index (χ0v) is 15.1. The molecule has 0 saturated carbocycles. The van der Waals surface area contributed by atoms with Gasteiger partial charge in [0.05, 0.1) is 22.9 Å². The number of imidazole rings is 1. The minimum atomic E-state index is -0.831. The first-order chi connectivity index (χ1) is 12.9. The van der Waals surface area contributed by atoms with E-state index in [0.717, 1.165) is 11.3 Å². The highest BCUT2D eigenvalue weighted by molar-refractivity contribution is 5.77. The lowest BCUT2D eigenvalue weighted by Crippen LogP contribution is -2.34. The summed E-state index contributed by atoms with van der Waals surface area (Å²) in [7, 11) is 0. The van der Waals surface area contributed by atoms with Crippen molar-refractivity contribution in [1.82, 2.24) is 9.38 Å². The van der Waals surface area contributed by atoms with Gasteiger partial charge in [-0.2, -0.15) is 0 Å². The van der Waals surface area contributed by atoms with Gasteiger partial charge in [-0.1, -0.05) is 6.07 Å². The van der Waals surface area contributed by atoms with Gasteiger partial charge in [-0.25, -0.2) is 4.98 Å². The number of pyridine rings is 1. The summed E-state index contributed by atoms with van der Waals surface area (Å²) in [6, 6.07) is 9.14. The van der Waals surface area contributed by atoms with Crippen molar-refractivity contribution in [3.63, 3.8) is 0 Å². The number of rotatable bonds is 6. The fourth-order valence-electron chi connectivity index (χ4n) is 2.91. The van der Waals surface area contributed by atoms with Gasteiger partial charge in [-0.05, 0) is 37.6 Å². The molecule has 3 rings (SSSR count). The molecule has 8 nitrogen and oxygen atoms in total. The molecule has 8 heteroatoms. The van der Waals surface area contributed by atoms with Gasteiger partial charge < -0.3 is 14.9 Å². The largest absolute Gasteiger partial charge is 0.465 e. The Morgan fingerprint density at radius 1 is 1.30 bits per heavy atom. The second-order valence-electron chi connectivity index (χ2n) is 6.21. The molecule has 0 saturated heterocycles. The number of carbonyl (C=O) groups is 1. The highest BCUT2D eigenvalue weighted by Gasteiger charge is 2.22. The molecule has 0 spiro atoms. The third kappa shape index (κ3) is 3.80. The van der Waals surface area contributed by atoms with Crippen LogP contribution in [0.3, 0.4) is 0 Å². The molecule has 2 aromatic heterocycles. The van der Waals surface area contributed by atoms with Crippen LogP contribution in [0.2, 0.25) is 0 Å². The summed E-state index contributed by atoms with van der Waals surface area (Å²) in [5.74, 6) is -0.477. The van der Waals surface area contributed by atoms with E-state index >= 15 is 0 Å². The number of nitro benzene ring substituents is 1. The van der Waals surface area contributed by atoms with Crippen LogP contribution >= 0.6 is 0 Å². The number of nitro groups is 1. The fourth-order valence-corrected chi connectivity index (χ4v) is 2.91. The number of benzene rings is 1. The molecule has 1 atom stereocenters. The number of hydrogen-bond donors (Lipinski definition) is 1. The number of carbonyl (C=O) groups excluding carboxylic acids is 1. The normalized spacial score (nSPS) is 12.1. The molecule has 2 heterocycles. The molecule has 0 amide bonds. The lowest BCUT2D eigenvalue weighted by Gasteiger charge is -2.12. The Morgan fingerprint density at radius 3 is 2.63 bits per heavy atom. The van der Waals surface area contributed by atoms with Crippen LogP contribution in [0.5, 0.6) is 0 Å². The molecule has 140 valence electrons. The van der Waals surface area contributed by atoms with Crippen LogP contribution < -0.4 is 5.73 Å². The van der Waals surface area contributed by atoms with E-state index in [1.54, 1.807) is 19.1 Å². The Morgan fingerprint density at radius 2 is 2.00 bits per heavy atom. The van der Waals surface area contributed by atoms with E-state index in [4.69, 9.17) is 10.5 Å². The Balaban J connectivity index is 2.08. The molecule has 0 bridgehead atoms. The summed E-state index contributed by atoms with van der Waals surface area (Å²) in [6.45, 7) is 3.94. The summed E-state index contributed by atoms with van der Waals surface area (Å²) in [4.78, 5) is 27.1. The van der Waals surface area contributed by atoms with Crippen molar-refractivity contribution in [2.24, 2.45) is 5.73 Å². The van der Waals surface area contributed by atoms with Crippen molar-refractivity contribution in [2.45, 2.75) is 26.3 Å². The van der Waals surface area contributed by atoms with E-state index in [1.807, 2.05) is 29.7 Å². The monoisotopic (exact) mass is 368 g/mol. The second kappa shape index (κ2) is 7.55. The molecular formula is C19H20N4O4. The summed E-state index contributed by atoms with van der Waals surface area (Å²) >= 11 is 0. The van der Waals surface area contributed by atoms with Gasteiger partial charge in [-0.3, -0.25) is 14.9 Å². The number of ether oxygens (including phenoxy) is 1. The van der Waals surface area contributed by atoms with Gasteiger partial charge >= 0.3 is 5.97 Å². The molecule has 0 aliphatic carbocycles. The smallest absolute Gasteiger partial charge is 0.323 e. The van der Waals surface area contributed by atoms with Crippen molar-refractivity contribution in [2.75, 3.05) is 6.61 Å². The number of aryl methyl sites for hydroxylation is 1. The Bertz CT molecular complexity index is 995. The van der Waals surface area contributed by atoms with Crippen molar-refractivity contribution in [1.29, 1.82) is 0 Å². The highest BCUT2D eigenvalue weighted by Crippen LogP contribution is 2.27. The number of hydrogen-bond acceptors (Lipinski definition) is 6. The van der Waals surface area contributed by atoms with E-state index in [2.05, 4.69) is 4.98 Å². The molecule has 0 aliphatic rings. The van der Waals surface area contributed by atoms with Crippen molar-refractivity contribution in [3.8, 4) is 11.3 Å². The number of nitrogens with zero attached hydrogens (tertiary/aromatic N) is 3. The third-order valence-electron chi connectivity index (χ3n) is 4.22. The quantitative estimate of drug-likeness (QED) is 0.406. The molecule has 1 aromatic carbocycles. The predicted octanol–water partition coefficient (Wildman–Crippen LogP) is 2.65. The van der Waals surface area contributed by atoms with Gasteiger partial charge in [0.1, 0.15) is 11.7 Å². The molecule has 3 aromatic rings. The molecule has 0 radical (unpaired) electrons. The minimum absolute atomic E-state index is 0.00290. The van der Waals surface area contributed by atoms with Crippen LogP contribution in [-0.2, 0) is 16.0 Å². The maximum Gasteiger partial charge on any atom is 0.323 e. The highest BCUT2D eigenvalue weighted by atomic mass is 16.6. The zero-order chi connectivity index (χ0) is 19.6. The molecule has 2 N–H and O–H groups in total. The first-order valence-electron chi connectivity index (χ1n) is 8.55. The maximum atomic E-state index is 12.0. The summed E-state index contributed by atoms with van der Waals surface area (Å²) < 4.78 is 6.90. The van der Waals surface area contributed by atoms with Gasteiger partial charge in [0.25, 0.3) is 5.69 Å². The number of nitrogens with two attached hydrogens (primary N) is 1. The van der Waals surface area contributed by atoms with E-state index < -0.39 is 16.9 Å². The Labute approximate surface area is 155 Å². The van der Waals surface area contributed by atoms with Crippen LogP contribution in [0.25, 0.3) is 16.9 Å². The van der Waals surface area contributed by atoms with Gasteiger partial charge in [0.15, 0.2) is 0 Å². The van der Waals surface area contributed by atoms with Gasteiger partial charge in [0, 0.05) is 30.3 Å². The molecular weight excluding hydrogens is 348 g/mol. The summed E-state index contributed by atoms with van der Waals surface area (Å²) in [5.41, 5.74) is 9.87. The molecule has 0 fully saturated rings. The number of non-ortho nitro benzene ring substituents is 1. The first kappa shape index (κ1) is 18.5. The molecule has 27 heavy (non-hydrogen) atoms. The first-order valence-corrected chi connectivity index (χ1v) is 8.55. The Kier molecular flexibility index (Phi) is 5.18. The topological polar surface area (TPSA) is 113 Å². The average Bonchev–Trinajstić information content (AvgIpc) is 2.99. The average molecular weight is 368 g/mol. The molecule has 1 unspecified atom stereocenters. The predicted molar refractivity (Wildman–Crippen MR) is 100 cm³/mol. The van der Waals surface area contributed by atoms with E-state index in [9.17, 15) is 14.9 Å². The SMILES string of the molecule is CCOC(=O)C(N)Cc1c(-c2ccc([N+](=O)[O-])cc2)nc2ccc(C)cn12. The van der Waals surface area contributed by atoms with Crippen LogP contribution in [0, 0.1) is 17.0 Å². The van der Waals surface area contributed by atoms with E-state index in [1.165, 1.54) is 12.1 Å². The lowest BCUT2D eigenvalue weighted by atomic mass is 10.0. The lowest BCUT2D eigenvalue weighted by molar-refractivity contribution is -0.384.